The number of aromatic nitrogens is 3. The van der Waals surface area contributed by atoms with Crippen LogP contribution in [0.25, 0.3) is 33.4 Å². The average Bonchev–Trinajstić information content (AvgIpc) is 4.01. The Morgan fingerprint density at radius 1 is 0.873 bits per heavy atom. The van der Waals surface area contributed by atoms with Crippen molar-refractivity contribution >= 4 is 40.6 Å². The van der Waals surface area contributed by atoms with E-state index in [9.17, 15) is 24.0 Å². The van der Waals surface area contributed by atoms with E-state index in [0.29, 0.717) is 31.8 Å². The SMILES string of the molecule is C.CC[C@H](NC(=O)OC)C(=O)N1CCC[C@H]1c1ncc(-c2ccc(-c3cc4cc(CC(=O)[C@@H]5CCCN5C(=O)[C@@H](CC(=O)OC)C(C)C)ccc4[nH]3)cc2)[nH]1. The van der Waals surface area contributed by atoms with Gasteiger partial charge in [0, 0.05) is 36.1 Å². The molecular formula is C42H54N6O7. The van der Waals surface area contributed by atoms with Gasteiger partial charge in [-0.1, -0.05) is 58.5 Å². The summed E-state index contributed by atoms with van der Waals surface area (Å²) >= 11 is 0. The molecule has 0 radical (unpaired) electrons. The number of fused-ring (bicyclic) bond motifs is 1. The number of likely N-dealkylation sites (tertiary alicyclic amines) is 2. The molecule has 13 heteroatoms. The maximum atomic E-state index is 13.6. The van der Waals surface area contributed by atoms with Crippen LogP contribution in [0.15, 0.2) is 54.7 Å². The maximum Gasteiger partial charge on any atom is 0.407 e. The molecule has 2 aliphatic rings. The van der Waals surface area contributed by atoms with Crippen LogP contribution in [-0.2, 0) is 35.1 Å². The van der Waals surface area contributed by atoms with Crippen LogP contribution in [0.3, 0.4) is 0 Å². The fourth-order valence-electron chi connectivity index (χ4n) is 7.75. The van der Waals surface area contributed by atoms with Crippen molar-refractivity contribution in [3.05, 3.63) is 66.1 Å². The second-order valence-corrected chi connectivity index (χ2v) is 14.6. The summed E-state index contributed by atoms with van der Waals surface area (Å²) in [6, 6.07) is 14.8. The second kappa shape index (κ2) is 17.8. The summed E-state index contributed by atoms with van der Waals surface area (Å²) in [5.41, 5.74) is 5.56. The van der Waals surface area contributed by atoms with Gasteiger partial charge in [0.1, 0.15) is 11.9 Å². The molecule has 3 amide bonds. The van der Waals surface area contributed by atoms with Gasteiger partial charge in [-0.25, -0.2) is 9.78 Å². The first kappa shape index (κ1) is 40.7. The summed E-state index contributed by atoms with van der Waals surface area (Å²) in [4.78, 5) is 79.2. The summed E-state index contributed by atoms with van der Waals surface area (Å²) in [7, 11) is 2.60. The number of hydrogen-bond donors (Lipinski definition) is 3. The minimum absolute atomic E-state index is 0. The predicted octanol–water partition coefficient (Wildman–Crippen LogP) is 6.60. The van der Waals surface area contributed by atoms with Crippen molar-refractivity contribution in [3.8, 4) is 22.5 Å². The lowest BCUT2D eigenvalue weighted by molar-refractivity contribution is -0.149. The lowest BCUT2D eigenvalue weighted by Gasteiger charge is -2.29. The molecule has 55 heavy (non-hydrogen) atoms. The Morgan fingerprint density at radius 2 is 1.56 bits per heavy atom. The van der Waals surface area contributed by atoms with Crippen LogP contribution in [0.1, 0.15) is 84.2 Å². The highest BCUT2D eigenvalue weighted by Crippen LogP contribution is 2.34. The summed E-state index contributed by atoms with van der Waals surface area (Å²) < 4.78 is 9.53. The molecule has 2 saturated heterocycles. The Hall–Kier alpha value is -5.46. The lowest BCUT2D eigenvalue weighted by Crippen LogP contribution is -2.48. The van der Waals surface area contributed by atoms with E-state index in [-0.39, 0.29) is 49.8 Å². The topological polar surface area (TPSA) is 167 Å². The smallest absolute Gasteiger partial charge is 0.407 e. The molecule has 0 saturated carbocycles. The van der Waals surface area contributed by atoms with E-state index < -0.39 is 30.1 Å². The van der Waals surface area contributed by atoms with Crippen LogP contribution in [-0.4, -0.2) is 93.8 Å². The molecule has 0 aliphatic carbocycles. The van der Waals surface area contributed by atoms with Crippen LogP contribution in [0, 0.1) is 11.8 Å². The van der Waals surface area contributed by atoms with E-state index in [2.05, 4.69) is 26.3 Å². The van der Waals surface area contributed by atoms with Gasteiger partial charge in [0.15, 0.2) is 5.78 Å². The van der Waals surface area contributed by atoms with Crippen molar-refractivity contribution in [3.63, 3.8) is 0 Å². The molecule has 3 N–H and O–H groups in total. The standard InChI is InChI=1S/C41H50N6O7.CH4/c1-6-30(45-41(52)54-5)40(51)47-18-8-10-35(47)38-42-23-33(44-38)27-14-12-26(13-15-27)32-21-28-19-25(11-16-31(28)43-32)20-36(48)34-9-7-17-46(34)39(50)29(24(2)3)22-37(49)53-4;/h11-16,19,21,23-24,29-30,34-35,43H,6-10,17-18,20,22H2,1-5H3,(H,42,44)(H,45,52);1H4/t29-,30-,34-,35-;/m0./s1. The monoisotopic (exact) mass is 754 g/mol. The molecule has 0 bridgehead atoms. The van der Waals surface area contributed by atoms with Crippen LogP contribution in [0.2, 0.25) is 0 Å². The number of carbonyl (C=O) groups is 5. The molecule has 294 valence electrons. The molecule has 13 nitrogen and oxygen atoms in total. The van der Waals surface area contributed by atoms with Crippen LogP contribution < -0.4 is 5.32 Å². The zero-order valence-electron chi connectivity index (χ0n) is 31.6. The van der Waals surface area contributed by atoms with Gasteiger partial charge in [0.25, 0.3) is 0 Å². The van der Waals surface area contributed by atoms with Gasteiger partial charge in [-0.2, -0.15) is 0 Å². The minimum Gasteiger partial charge on any atom is -0.469 e. The average molecular weight is 755 g/mol. The minimum atomic E-state index is -0.664. The first-order valence-electron chi connectivity index (χ1n) is 18.8. The number of ether oxygens (including phenoxy) is 2. The molecule has 0 spiro atoms. The normalized spacial score (nSPS) is 17.9. The highest BCUT2D eigenvalue weighted by molar-refractivity contribution is 5.94. The Kier molecular flexibility index (Phi) is 13.2. The molecule has 2 aromatic carbocycles. The van der Waals surface area contributed by atoms with Crippen LogP contribution in [0.5, 0.6) is 0 Å². The summed E-state index contributed by atoms with van der Waals surface area (Å²) in [6.45, 7) is 6.78. The molecule has 2 fully saturated rings. The van der Waals surface area contributed by atoms with Crippen molar-refractivity contribution in [2.45, 2.75) is 91.3 Å². The molecule has 0 unspecified atom stereocenters. The second-order valence-electron chi connectivity index (χ2n) is 14.6. The van der Waals surface area contributed by atoms with Crippen molar-refractivity contribution in [1.29, 1.82) is 0 Å². The van der Waals surface area contributed by atoms with Gasteiger partial charge in [-0.3, -0.25) is 19.2 Å². The number of methoxy groups -OCH3 is 2. The number of hydrogen-bond acceptors (Lipinski definition) is 8. The number of imidazole rings is 1. The van der Waals surface area contributed by atoms with Gasteiger partial charge < -0.3 is 34.6 Å². The van der Waals surface area contributed by atoms with Gasteiger partial charge in [0.05, 0.1) is 50.5 Å². The van der Waals surface area contributed by atoms with Crippen LogP contribution >= 0.6 is 0 Å². The number of rotatable bonds is 13. The third-order valence-electron chi connectivity index (χ3n) is 10.8. The number of esters is 1. The van der Waals surface area contributed by atoms with Crippen molar-refractivity contribution in [2.75, 3.05) is 27.3 Å². The fraction of sp³-hybridized carbons (Fsp3) is 0.476. The largest absolute Gasteiger partial charge is 0.469 e. The van der Waals surface area contributed by atoms with Crippen LogP contribution in [0.4, 0.5) is 4.79 Å². The van der Waals surface area contributed by atoms with Crippen molar-refractivity contribution in [2.24, 2.45) is 11.8 Å². The number of alkyl carbamates (subject to hydrolysis) is 1. The summed E-state index contributed by atoms with van der Waals surface area (Å²) in [6.07, 6.45) is 4.82. The fourth-order valence-corrected chi connectivity index (χ4v) is 7.75. The van der Waals surface area contributed by atoms with E-state index in [0.717, 1.165) is 58.2 Å². The molecule has 4 atom stereocenters. The molecule has 2 aromatic heterocycles. The number of aromatic amines is 2. The van der Waals surface area contributed by atoms with E-state index in [1.807, 2.05) is 63.2 Å². The Balaban J connectivity index is 0.00000580. The van der Waals surface area contributed by atoms with Crippen molar-refractivity contribution in [1.82, 2.24) is 30.1 Å². The number of amides is 3. The number of Topliss-reactive ketones (excluding diaryl/α,β-unsaturated/α-hetero) is 1. The zero-order chi connectivity index (χ0) is 38.5. The maximum absolute atomic E-state index is 13.6. The number of nitrogens with one attached hydrogen (secondary N) is 3. The first-order valence-corrected chi connectivity index (χ1v) is 18.8. The van der Waals surface area contributed by atoms with Gasteiger partial charge in [-0.15, -0.1) is 0 Å². The lowest BCUT2D eigenvalue weighted by atomic mass is 9.90. The first-order chi connectivity index (χ1) is 26.0. The molecule has 4 aromatic rings. The number of nitrogens with zero attached hydrogens (tertiary/aromatic N) is 3. The zero-order valence-corrected chi connectivity index (χ0v) is 31.6. The number of H-pyrrole nitrogens is 2. The number of carbonyl (C=O) groups excluding carboxylic acids is 5. The van der Waals surface area contributed by atoms with Gasteiger partial charge >= 0.3 is 12.1 Å². The molecule has 6 rings (SSSR count). The predicted molar refractivity (Wildman–Crippen MR) is 210 cm³/mol. The number of ketones is 1. The van der Waals surface area contributed by atoms with E-state index in [1.54, 1.807) is 16.0 Å². The Bertz CT molecular complexity index is 2000. The summed E-state index contributed by atoms with van der Waals surface area (Å²) in [5.74, 6) is -0.592. The highest BCUT2D eigenvalue weighted by Gasteiger charge is 2.39. The van der Waals surface area contributed by atoms with Crippen molar-refractivity contribution < 1.29 is 33.4 Å². The van der Waals surface area contributed by atoms with Gasteiger partial charge in [0.2, 0.25) is 11.8 Å². The third kappa shape index (κ3) is 8.92. The molecule has 4 heterocycles. The Labute approximate surface area is 322 Å². The number of benzene rings is 2. The molecule has 2 aliphatic heterocycles. The van der Waals surface area contributed by atoms with Gasteiger partial charge in [-0.05, 0) is 72.9 Å². The Morgan fingerprint density at radius 3 is 2.24 bits per heavy atom. The quantitative estimate of drug-likeness (QED) is 0.129. The van der Waals surface area contributed by atoms with E-state index in [1.165, 1.54) is 14.2 Å². The third-order valence-corrected chi connectivity index (χ3v) is 10.8. The highest BCUT2D eigenvalue weighted by atomic mass is 16.5. The molecular weight excluding hydrogens is 700 g/mol. The van der Waals surface area contributed by atoms with E-state index in [4.69, 9.17) is 9.47 Å². The summed E-state index contributed by atoms with van der Waals surface area (Å²) in [5, 5.41) is 3.62. The van der Waals surface area contributed by atoms with E-state index >= 15 is 0 Å².